The first-order chi connectivity index (χ1) is 11.6. The second-order valence-corrected chi connectivity index (χ2v) is 5.97. The smallest absolute Gasteiger partial charge is 0.255 e. The van der Waals surface area contributed by atoms with Crippen molar-refractivity contribution in [2.75, 3.05) is 18.5 Å². The van der Waals surface area contributed by atoms with Crippen LogP contribution in [0.3, 0.4) is 0 Å². The van der Waals surface area contributed by atoms with Gasteiger partial charge in [0.15, 0.2) is 0 Å². The molecule has 0 heterocycles. The molecule has 24 heavy (non-hydrogen) atoms. The van der Waals surface area contributed by atoms with Crippen molar-refractivity contribution in [1.29, 1.82) is 0 Å². The number of hydrogen-bond acceptors (Lipinski definition) is 3. The molecule has 1 amide bonds. The van der Waals surface area contributed by atoms with Crippen molar-refractivity contribution < 1.29 is 14.3 Å². The van der Waals surface area contributed by atoms with Crippen molar-refractivity contribution in [3.05, 3.63) is 54.1 Å². The lowest BCUT2D eigenvalue weighted by Gasteiger charge is -2.10. The van der Waals surface area contributed by atoms with E-state index in [9.17, 15) is 4.79 Å². The summed E-state index contributed by atoms with van der Waals surface area (Å²) in [6, 6.07) is 14.6. The molecule has 4 nitrogen and oxygen atoms in total. The maximum Gasteiger partial charge on any atom is 0.255 e. The number of rotatable bonds is 8. The van der Waals surface area contributed by atoms with Gasteiger partial charge in [-0.15, -0.1) is 0 Å². The molecule has 0 atom stereocenters. The highest BCUT2D eigenvalue weighted by Crippen LogP contribution is 2.19. The molecule has 0 unspecified atom stereocenters. The highest BCUT2D eigenvalue weighted by Gasteiger charge is 2.07. The first kappa shape index (κ1) is 17.9. The molecule has 1 N–H and O–H groups in total. The fourth-order valence-corrected chi connectivity index (χ4v) is 2.15. The van der Waals surface area contributed by atoms with Crippen molar-refractivity contribution in [2.24, 2.45) is 5.92 Å². The van der Waals surface area contributed by atoms with E-state index in [4.69, 9.17) is 9.47 Å². The Bertz CT molecular complexity index is 650. The number of hydrogen-bond donors (Lipinski definition) is 1. The minimum atomic E-state index is -0.155. The van der Waals surface area contributed by atoms with Gasteiger partial charge in [-0.2, -0.15) is 0 Å². The summed E-state index contributed by atoms with van der Waals surface area (Å²) in [4.78, 5) is 12.3. The van der Waals surface area contributed by atoms with Crippen LogP contribution in [0.5, 0.6) is 11.5 Å². The Kier molecular flexibility index (Phi) is 6.67. The monoisotopic (exact) mass is 327 g/mol. The summed E-state index contributed by atoms with van der Waals surface area (Å²) in [5.74, 6) is 1.97. The fraction of sp³-hybridized carbons (Fsp3) is 0.350. The van der Waals surface area contributed by atoms with E-state index >= 15 is 0 Å². The Morgan fingerprint density at radius 3 is 2.46 bits per heavy atom. The number of ether oxygens (including phenoxy) is 2. The number of carbonyl (C=O) groups is 1. The van der Waals surface area contributed by atoms with Gasteiger partial charge in [0.1, 0.15) is 11.5 Å². The third-order valence-corrected chi connectivity index (χ3v) is 3.48. The average Bonchev–Trinajstić information content (AvgIpc) is 2.56. The number of benzene rings is 2. The molecule has 0 bridgehead atoms. The normalized spacial score (nSPS) is 10.5. The number of carbonyl (C=O) groups excluding carboxylic acids is 1. The van der Waals surface area contributed by atoms with Crippen LogP contribution in [0.25, 0.3) is 0 Å². The Balaban J connectivity index is 1.95. The largest absolute Gasteiger partial charge is 0.494 e. The van der Waals surface area contributed by atoms with E-state index in [-0.39, 0.29) is 5.91 Å². The molecule has 0 aromatic heterocycles. The third kappa shape index (κ3) is 5.61. The summed E-state index contributed by atoms with van der Waals surface area (Å²) in [7, 11) is 0. The van der Waals surface area contributed by atoms with E-state index in [0.717, 1.165) is 23.6 Å². The van der Waals surface area contributed by atoms with Gasteiger partial charge in [0, 0.05) is 17.3 Å². The molecule has 0 aliphatic rings. The van der Waals surface area contributed by atoms with Gasteiger partial charge in [0.2, 0.25) is 0 Å². The second kappa shape index (κ2) is 8.96. The summed E-state index contributed by atoms with van der Waals surface area (Å²) in [5.41, 5.74) is 1.31. The van der Waals surface area contributed by atoms with Crippen LogP contribution in [0, 0.1) is 5.92 Å². The van der Waals surface area contributed by atoms with Gasteiger partial charge in [0.25, 0.3) is 5.91 Å². The van der Waals surface area contributed by atoms with E-state index in [1.807, 2.05) is 31.2 Å². The summed E-state index contributed by atoms with van der Waals surface area (Å²) in [6.45, 7) is 7.54. The van der Waals surface area contributed by atoms with E-state index in [1.165, 1.54) is 0 Å². The van der Waals surface area contributed by atoms with Crippen LogP contribution in [0.15, 0.2) is 48.5 Å². The number of amides is 1. The van der Waals surface area contributed by atoms with Gasteiger partial charge < -0.3 is 14.8 Å². The van der Waals surface area contributed by atoms with Crippen molar-refractivity contribution in [2.45, 2.75) is 27.2 Å². The highest BCUT2D eigenvalue weighted by molar-refractivity contribution is 6.04. The van der Waals surface area contributed by atoms with Crippen LogP contribution in [0.1, 0.15) is 37.6 Å². The summed E-state index contributed by atoms with van der Waals surface area (Å²) in [5, 5.41) is 2.89. The lowest BCUT2D eigenvalue weighted by atomic mass is 10.1. The standard InChI is InChI=1S/C20H25NO3/c1-4-23-18-10-8-16(9-11-18)20(22)21-17-6-5-7-19(14-17)24-13-12-15(2)3/h5-11,14-15H,4,12-13H2,1-3H3,(H,21,22). The Morgan fingerprint density at radius 2 is 1.79 bits per heavy atom. The molecule has 2 aromatic rings. The second-order valence-electron chi connectivity index (χ2n) is 5.97. The average molecular weight is 327 g/mol. The van der Waals surface area contributed by atoms with Gasteiger partial charge in [-0.1, -0.05) is 19.9 Å². The summed E-state index contributed by atoms with van der Waals surface area (Å²) >= 11 is 0. The maximum absolute atomic E-state index is 12.3. The molecule has 0 fully saturated rings. The predicted molar refractivity (Wildman–Crippen MR) is 97.0 cm³/mol. The molecule has 2 rings (SSSR count). The van der Waals surface area contributed by atoms with E-state index < -0.39 is 0 Å². The molecule has 0 aliphatic carbocycles. The molecule has 0 saturated carbocycles. The summed E-state index contributed by atoms with van der Waals surface area (Å²) < 4.78 is 11.1. The first-order valence-electron chi connectivity index (χ1n) is 8.35. The van der Waals surface area contributed by atoms with Crippen LogP contribution < -0.4 is 14.8 Å². The lowest BCUT2D eigenvalue weighted by molar-refractivity contribution is 0.102. The maximum atomic E-state index is 12.3. The fourth-order valence-electron chi connectivity index (χ4n) is 2.15. The Hall–Kier alpha value is -2.49. The van der Waals surface area contributed by atoms with Crippen LogP contribution in [-0.2, 0) is 0 Å². The topological polar surface area (TPSA) is 47.6 Å². The van der Waals surface area contributed by atoms with Gasteiger partial charge >= 0.3 is 0 Å². The number of nitrogens with one attached hydrogen (secondary N) is 1. The van der Waals surface area contributed by atoms with Crippen LogP contribution in [0.2, 0.25) is 0 Å². The molecule has 4 heteroatoms. The Morgan fingerprint density at radius 1 is 1.04 bits per heavy atom. The zero-order valence-corrected chi connectivity index (χ0v) is 14.5. The molecule has 128 valence electrons. The van der Waals surface area contributed by atoms with Crippen LogP contribution >= 0.6 is 0 Å². The molecule has 0 radical (unpaired) electrons. The van der Waals surface area contributed by atoms with Crippen LogP contribution in [0.4, 0.5) is 5.69 Å². The zero-order valence-electron chi connectivity index (χ0n) is 14.5. The zero-order chi connectivity index (χ0) is 17.4. The third-order valence-electron chi connectivity index (χ3n) is 3.48. The molecule has 0 aliphatic heterocycles. The van der Waals surface area contributed by atoms with Crippen molar-refractivity contribution in [3.8, 4) is 11.5 Å². The SMILES string of the molecule is CCOc1ccc(C(=O)Nc2cccc(OCCC(C)C)c2)cc1. The lowest BCUT2D eigenvalue weighted by Crippen LogP contribution is -2.12. The Labute approximate surface area is 143 Å². The van der Waals surface area contributed by atoms with Crippen LogP contribution in [-0.4, -0.2) is 19.1 Å². The molecule has 0 spiro atoms. The molecule has 0 saturated heterocycles. The minimum Gasteiger partial charge on any atom is -0.494 e. The summed E-state index contributed by atoms with van der Waals surface area (Å²) in [6.07, 6.45) is 1.00. The molecule has 2 aromatic carbocycles. The van der Waals surface area contributed by atoms with Gasteiger partial charge in [-0.25, -0.2) is 0 Å². The van der Waals surface area contributed by atoms with E-state index in [2.05, 4.69) is 19.2 Å². The van der Waals surface area contributed by atoms with Crippen molar-refractivity contribution in [3.63, 3.8) is 0 Å². The minimum absolute atomic E-state index is 0.155. The molecular weight excluding hydrogens is 302 g/mol. The molecular formula is C20H25NO3. The first-order valence-corrected chi connectivity index (χ1v) is 8.35. The van der Waals surface area contributed by atoms with Crippen molar-refractivity contribution in [1.82, 2.24) is 0 Å². The highest BCUT2D eigenvalue weighted by atomic mass is 16.5. The quantitative estimate of drug-likeness (QED) is 0.760. The van der Waals surface area contributed by atoms with E-state index in [0.29, 0.717) is 24.7 Å². The van der Waals surface area contributed by atoms with E-state index in [1.54, 1.807) is 24.3 Å². The predicted octanol–water partition coefficient (Wildman–Crippen LogP) is 4.76. The van der Waals surface area contributed by atoms with Gasteiger partial charge in [0.05, 0.1) is 13.2 Å². The van der Waals surface area contributed by atoms with Gasteiger partial charge in [-0.3, -0.25) is 4.79 Å². The number of anilines is 1. The van der Waals surface area contributed by atoms with Gasteiger partial charge in [-0.05, 0) is 55.7 Å². The van der Waals surface area contributed by atoms with Crippen molar-refractivity contribution >= 4 is 11.6 Å².